The minimum atomic E-state index is -1.02. The number of nitrogens with one attached hydrogen (secondary N) is 3. The van der Waals surface area contributed by atoms with Gasteiger partial charge in [0.2, 0.25) is 11.8 Å². The van der Waals surface area contributed by atoms with E-state index in [0.29, 0.717) is 46.9 Å². The minimum Gasteiger partial charge on any atom is -0.473 e. The highest BCUT2D eigenvalue weighted by atomic mass is 19.2. The van der Waals surface area contributed by atoms with Crippen LogP contribution in [0.15, 0.2) is 67.0 Å². The van der Waals surface area contributed by atoms with Crippen LogP contribution in [0.1, 0.15) is 23.2 Å². The molecule has 6 rings (SSSR count). The standard InChI is InChI=1S/C31H28F3N5O3/c32-21-4-1-18(2-5-21)26-13-22(15-38-31(26)42-24-8-10-36-17-24)39-29(40)20-11-25(19-3-6-27(33)28(34)12-19)30(37-14-20)41-23-7-9-35-16-23/h1-6,11-15,23-24,35-36H,7-10,16-17H2,(H,39,40)/t23-,24-/m0/s1. The summed E-state index contributed by atoms with van der Waals surface area (Å²) < 4.78 is 53.6. The quantitative estimate of drug-likeness (QED) is 0.273. The van der Waals surface area contributed by atoms with E-state index < -0.39 is 17.5 Å². The molecule has 2 atom stereocenters. The Morgan fingerprint density at radius 1 is 0.762 bits per heavy atom. The molecular weight excluding hydrogens is 547 g/mol. The molecule has 0 radical (unpaired) electrons. The first-order chi connectivity index (χ1) is 20.4. The number of benzene rings is 2. The van der Waals surface area contributed by atoms with Crippen LogP contribution in [-0.4, -0.2) is 54.3 Å². The van der Waals surface area contributed by atoms with Crippen LogP contribution in [-0.2, 0) is 0 Å². The van der Waals surface area contributed by atoms with Gasteiger partial charge in [-0.25, -0.2) is 23.1 Å². The summed E-state index contributed by atoms with van der Waals surface area (Å²) in [6.07, 6.45) is 4.25. The van der Waals surface area contributed by atoms with Crippen molar-refractivity contribution < 1.29 is 27.4 Å². The molecule has 216 valence electrons. The first-order valence-electron chi connectivity index (χ1n) is 13.7. The number of pyridine rings is 2. The van der Waals surface area contributed by atoms with E-state index in [0.717, 1.165) is 38.1 Å². The fourth-order valence-corrected chi connectivity index (χ4v) is 4.97. The van der Waals surface area contributed by atoms with Crippen molar-refractivity contribution in [1.29, 1.82) is 0 Å². The Morgan fingerprint density at radius 2 is 1.38 bits per heavy atom. The van der Waals surface area contributed by atoms with E-state index >= 15 is 0 Å². The Labute approximate surface area is 240 Å². The fraction of sp³-hybridized carbons (Fsp3) is 0.258. The third-order valence-corrected chi connectivity index (χ3v) is 7.19. The van der Waals surface area contributed by atoms with Gasteiger partial charge in [0.05, 0.1) is 17.4 Å². The number of hydrogen-bond acceptors (Lipinski definition) is 7. The lowest BCUT2D eigenvalue weighted by Crippen LogP contribution is -2.21. The van der Waals surface area contributed by atoms with E-state index in [1.165, 1.54) is 36.7 Å². The van der Waals surface area contributed by atoms with Crippen LogP contribution >= 0.6 is 0 Å². The number of rotatable bonds is 8. The van der Waals surface area contributed by atoms with E-state index in [-0.39, 0.29) is 29.5 Å². The number of carbonyl (C=O) groups excluding carboxylic acids is 1. The maximum absolute atomic E-state index is 14.1. The molecule has 2 aromatic heterocycles. The van der Waals surface area contributed by atoms with Gasteiger partial charge >= 0.3 is 0 Å². The molecule has 2 saturated heterocycles. The Kier molecular flexibility index (Phi) is 8.02. The van der Waals surface area contributed by atoms with Crippen LogP contribution < -0.4 is 25.4 Å². The fourth-order valence-electron chi connectivity index (χ4n) is 4.97. The van der Waals surface area contributed by atoms with Crippen LogP contribution in [0.4, 0.5) is 18.9 Å². The van der Waals surface area contributed by atoms with Crippen LogP contribution in [0.25, 0.3) is 22.3 Å². The summed E-state index contributed by atoms with van der Waals surface area (Å²) in [6.45, 7) is 2.95. The van der Waals surface area contributed by atoms with E-state index in [9.17, 15) is 18.0 Å². The zero-order chi connectivity index (χ0) is 29.1. The molecule has 2 fully saturated rings. The molecule has 2 aliphatic rings. The van der Waals surface area contributed by atoms with Crippen molar-refractivity contribution in [3.8, 4) is 34.0 Å². The minimum absolute atomic E-state index is 0.0568. The number of hydrogen-bond donors (Lipinski definition) is 3. The third-order valence-electron chi connectivity index (χ3n) is 7.19. The number of amides is 1. The molecular formula is C31H28F3N5O3. The van der Waals surface area contributed by atoms with E-state index in [2.05, 4.69) is 25.9 Å². The van der Waals surface area contributed by atoms with Crippen molar-refractivity contribution >= 4 is 11.6 Å². The molecule has 0 bridgehead atoms. The summed E-state index contributed by atoms with van der Waals surface area (Å²) in [6, 6.07) is 12.7. The molecule has 3 N–H and O–H groups in total. The van der Waals surface area contributed by atoms with Gasteiger partial charge in [0, 0.05) is 30.4 Å². The normalized spacial score (nSPS) is 18.2. The zero-order valence-electron chi connectivity index (χ0n) is 22.5. The number of halogens is 3. The summed E-state index contributed by atoms with van der Waals surface area (Å²) >= 11 is 0. The van der Waals surface area contributed by atoms with Crippen molar-refractivity contribution in [3.63, 3.8) is 0 Å². The monoisotopic (exact) mass is 575 g/mol. The zero-order valence-corrected chi connectivity index (χ0v) is 22.5. The maximum Gasteiger partial charge on any atom is 0.257 e. The molecule has 0 aliphatic carbocycles. The molecule has 0 unspecified atom stereocenters. The highest BCUT2D eigenvalue weighted by Gasteiger charge is 2.23. The SMILES string of the molecule is O=C(Nc1cnc(O[C@H]2CCNC2)c(-c2ccc(F)cc2)c1)c1cnc(O[C@H]2CCNC2)c(-c2ccc(F)c(F)c2)c1. The van der Waals surface area contributed by atoms with Crippen molar-refractivity contribution in [1.82, 2.24) is 20.6 Å². The average Bonchev–Trinajstić information content (AvgIpc) is 3.71. The summed E-state index contributed by atoms with van der Waals surface area (Å²) in [5.41, 5.74) is 2.49. The molecule has 11 heteroatoms. The van der Waals surface area contributed by atoms with E-state index in [1.807, 2.05) is 0 Å². The van der Waals surface area contributed by atoms with E-state index in [4.69, 9.17) is 9.47 Å². The predicted molar refractivity (Wildman–Crippen MR) is 151 cm³/mol. The highest BCUT2D eigenvalue weighted by molar-refractivity contribution is 6.05. The van der Waals surface area contributed by atoms with Gasteiger partial charge < -0.3 is 25.4 Å². The van der Waals surface area contributed by atoms with Gasteiger partial charge in [0.25, 0.3) is 5.91 Å². The van der Waals surface area contributed by atoms with Crippen molar-refractivity contribution in [2.45, 2.75) is 25.0 Å². The third kappa shape index (κ3) is 6.22. The largest absolute Gasteiger partial charge is 0.473 e. The summed E-state index contributed by atoms with van der Waals surface area (Å²) in [4.78, 5) is 22.2. The second kappa shape index (κ2) is 12.2. The van der Waals surface area contributed by atoms with Gasteiger partial charge in [-0.15, -0.1) is 0 Å². The van der Waals surface area contributed by atoms with Gasteiger partial charge in [-0.1, -0.05) is 18.2 Å². The predicted octanol–water partition coefficient (Wildman–Crippen LogP) is 4.96. The summed E-state index contributed by atoms with van der Waals surface area (Å²) in [5.74, 6) is -2.29. The first kappa shape index (κ1) is 27.7. The first-order valence-corrected chi connectivity index (χ1v) is 13.7. The molecule has 4 heterocycles. The molecule has 42 heavy (non-hydrogen) atoms. The number of nitrogens with zero attached hydrogens (tertiary/aromatic N) is 2. The highest BCUT2D eigenvalue weighted by Crippen LogP contribution is 2.34. The van der Waals surface area contributed by atoms with E-state index in [1.54, 1.807) is 18.2 Å². The van der Waals surface area contributed by atoms with Crippen molar-refractivity contribution in [2.24, 2.45) is 0 Å². The Bertz CT molecular complexity index is 1590. The second-order valence-electron chi connectivity index (χ2n) is 10.2. The number of ether oxygens (including phenoxy) is 2. The van der Waals surface area contributed by atoms with Crippen LogP contribution in [0.3, 0.4) is 0 Å². The van der Waals surface area contributed by atoms with Gasteiger partial charge in [0.15, 0.2) is 11.6 Å². The second-order valence-corrected chi connectivity index (χ2v) is 10.2. The lowest BCUT2D eigenvalue weighted by Gasteiger charge is -2.17. The number of anilines is 1. The smallest absolute Gasteiger partial charge is 0.257 e. The topological polar surface area (TPSA) is 97.4 Å². The van der Waals surface area contributed by atoms with Crippen LogP contribution in [0, 0.1) is 17.5 Å². The van der Waals surface area contributed by atoms with Crippen molar-refractivity contribution in [2.75, 3.05) is 31.5 Å². The van der Waals surface area contributed by atoms with Gasteiger partial charge in [-0.3, -0.25) is 4.79 Å². The van der Waals surface area contributed by atoms with Crippen LogP contribution in [0.2, 0.25) is 0 Å². The van der Waals surface area contributed by atoms with Crippen molar-refractivity contribution in [3.05, 3.63) is 90.0 Å². The number of aromatic nitrogens is 2. The Morgan fingerprint density at radius 3 is 2.00 bits per heavy atom. The maximum atomic E-state index is 14.1. The van der Waals surface area contributed by atoms with Gasteiger partial charge in [0.1, 0.15) is 18.0 Å². The number of carbonyl (C=O) groups is 1. The van der Waals surface area contributed by atoms with Gasteiger partial charge in [-0.05, 0) is 73.5 Å². The van der Waals surface area contributed by atoms with Gasteiger partial charge in [-0.2, -0.15) is 0 Å². The molecule has 0 spiro atoms. The molecule has 0 saturated carbocycles. The van der Waals surface area contributed by atoms with Crippen LogP contribution in [0.5, 0.6) is 11.8 Å². The molecule has 1 amide bonds. The Balaban J connectivity index is 1.30. The summed E-state index contributed by atoms with van der Waals surface area (Å²) in [7, 11) is 0. The Hall–Kier alpha value is -4.48. The lowest BCUT2D eigenvalue weighted by molar-refractivity contribution is 0.102. The molecule has 2 aliphatic heterocycles. The molecule has 4 aromatic rings. The average molecular weight is 576 g/mol. The molecule has 8 nitrogen and oxygen atoms in total. The lowest BCUT2D eigenvalue weighted by atomic mass is 10.0. The molecule has 2 aromatic carbocycles. The summed E-state index contributed by atoms with van der Waals surface area (Å²) in [5, 5.41) is 9.27.